The maximum absolute atomic E-state index is 12.0. The fraction of sp³-hybridized carbons (Fsp3) is 0.412. The van der Waals surface area contributed by atoms with E-state index in [0.717, 1.165) is 18.4 Å². The highest BCUT2D eigenvalue weighted by atomic mass is 16.5. The number of nitrogens with one attached hydrogen (secondary N) is 1. The summed E-state index contributed by atoms with van der Waals surface area (Å²) in [5.74, 6) is -0.0586. The summed E-state index contributed by atoms with van der Waals surface area (Å²) < 4.78 is 5.10. The van der Waals surface area contributed by atoms with Crippen molar-refractivity contribution >= 4 is 5.91 Å². The molecule has 1 aromatic carbocycles. The molecule has 0 aliphatic rings. The third-order valence-electron chi connectivity index (χ3n) is 3.55. The molecule has 22 heavy (non-hydrogen) atoms. The highest BCUT2D eigenvalue weighted by Crippen LogP contribution is 2.21. The summed E-state index contributed by atoms with van der Waals surface area (Å²) in [6, 6.07) is 11.2. The van der Waals surface area contributed by atoms with E-state index in [1.54, 1.807) is 6.07 Å². The van der Waals surface area contributed by atoms with E-state index in [4.69, 9.17) is 4.52 Å². The first-order valence-corrected chi connectivity index (χ1v) is 7.43. The fourth-order valence-electron chi connectivity index (χ4n) is 2.06. The van der Waals surface area contributed by atoms with Crippen molar-refractivity contribution in [2.45, 2.75) is 26.7 Å². The Morgan fingerprint density at radius 1 is 1.32 bits per heavy atom. The van der Waals surface area contributed by atoms with Crippen LogP contribution in [0.2, 0.25) is 0 Å². The van der Waals surface area contributed by atoms with E-state index in [2.05, 4.69) is 10.5 Å². The van der Waals surface area contributed by atoms with E-state index < -0.39 is 0 Å². The van der Waals surface area contributed by atoms with Crippen LogP contribution in [-0.4, -0.2) is 29.3 Å². The molecule has 0 bridgehead atoms. The number of carbonyl (C=O) groups excluding carboxylic acids is 1. The molecule has 2 aromatic rings. The first-order valence-electron chi connectivity index (χ1n) is 7.43. The zero-order chi connectivity index (χ0) is 16.0. The van der Waals surface area contributed by atoms with Crippen LogP contribution in [0.4, 0.5) is 0 Å². The second kappa shape index (κ2) is 7.22. The number of benzene rings is 1. The van der Waals surface area contributed by atoms with Crippen LogP contribution in [0.1, 0.15) is 37.2 Å². The lowest BCUT2D eigenvalue weighted by Crippen LogP contribution is -2.26. The molecule has 2 rings (SSSR count). The van der Waals surface area contributed by atoms with Crippen LogP contribution in [0.25, 0.3) is 11.3 Å². The molecule has 5 heteroatoms. The molecule has 0 aliphatic carbocycles. The average Bonchev–Trinajstić information content (AvgIpc) is 3.02. The molecule has 2 N–H and O–H groups in total. The maximum atomic E-state index is 12.0. The van der Waals surface area contributed by atoms with Crippen LogP contribution in [0, 0.1) is 5.41 Å². The van der Waals surface area contributed by atoms with E-state index in [9.17, 15) is 9.90 Å². The Hall–Kier alpha value is -2.14. The van der Waals surface area contributed by atoms with Gasteiger partial charge in [0.2, 0.25) is 5.76 Å². The number of hydrogen-bond acceptors (Lipinski definition) is 4. The molecule has 0 aliphatic heterocycles. The monoisotopic (exact) mass is 302 g/mol. The SMILES string of the molecule is CC(C)(CO)CCCNC(=O)c1cc(-c2ccccc2)no1. The maximum Gasteiger partial charge on any atom is 0.289 e. The van der Waals surface area contributed by atoms with Crippen LogP contribution >= 0.6 is 0 Å². The van der Waals surface area contributed by atoms with Crippen molar-refractivity contribution in [3.63, 3.8) is 0 Å². The lowest BCUT2D eigenvalue weighted by molar-refractivity contribution is 0.0912. The summed E-state index contributed by atoms with van der Waals surface area (Å²) in [6.45, 7) is 4.68. The van der Waals surface area contributed by atoms with Crippen LogP contribution in [0.3, 0.4) is 0 Å². The molecule has 1 heterocycles. The van der Waals surface area contributed by atoms with Gasteiger partial charge in [-0.2, -0.15) is 0 Å². The summed E-state index contributed by atoms with van der Waals surface area (Å²) in [6.07, 6.45) is 1.65. The van der Waals surface area contributed by atoms with E-state index in [1.165, 1.54) is 0 Å². The van der Waals surface area contributed by atoms with Gasteiger partial charge in [-0.1, -0.05) is 49.3 Å². The smallest absolute Gasteiger partial charge is 0.289 e. The number of aliphatic hydroxyl groups is 1. The molecule has 0 saturated carbocycles. The molecular weight excluding hydrogens is 280 g/mol. The minimum absolute atomic E-state index is 0.114. The highest BCUT2D eigenvalue weighted by Gasteiger charge is 2.17. The second-order valence-electron chi connectivity index (χ2n) is 6.12. The van der Waals surface area contributed by atoms with E-state index in [0.29, 0.717) is 12.2 Å². The third kappa shape index (κ3) is 4.43. The zero-order valence-electron chi connectivity index (χ0n) is 13.0. The van der Waals surface area contributed by atoms with Gasteiger partial charge in [-0.15, -0.1) is 0 Å². The quantitative estimate of drug-likeness (QED) is 0.771. The molecule has 1 aromatic heterocycles. The highest BCUT2D eigenvalue weighted by molar-refractivity contribution is 5.92. The topological polar surface area (TPSA) is 75.4 Å². The van der Waals surface area contributed by atoms with Gasteiger partial charge in [0.25, 0.3) is 5.91 Å². The minimum Gasteiger partial charge on any atom is -0.396 e. The molecule has 1 amide bonds. The van der Waals surface area contributed by atoms with Crippen LogP contribution in [-0.2, 0) is 0 Å². The summed E-state index contributed by atoms with van der Waals surface area (Å²) in [4.78, 5) is 12.0. The third-order valence-corrected chi connectivity index (χ3v) is 3.55. The molecule has 0 atom stereocenters. The van der Waals surface area contributed by atoms with Crippen molar-refractivity contribution in [2.75, 3.05) is 13.2 Å². The largest absolute Gasteiger partial charge is 0.396 e. The van der Waals surface area contributed by atoms with Crippen LogP contribution in [0.5, 0.6) is 0 Å². The summed E-state index contributed by atoms with van der Waals surface area (Å²) >= 11 is 0. The molecule has 0 radical (unpaired) electrons. The lowest BCUT2D eigenvalue weighted by atomic mass is 9.89. The normalized spacial score (nSPS) is 11.4. The van der Waals surface area contributed by atoms with E-state index >= 15 is 0 Å². The number of nitrogens with zero attached hydrogens (tertiary/aromatic N) is 1. The number of aromatic nitrogens is 1. The Morgan fingerprint density at radius 3 is 2.73 bits per heavy atom. The molecule has 0 spiro atoms. The van der Waals surface area contributed by atoms with Gasteiger partial charge in [-0.25, -0.2) is 0 Å². The Balaban J connectivity index is 1.85. The van der Waals surface area contributed by atoms with Crippen molar-refractivity contribution in [1.29, 1.82) is 0 Å². The molecule has 118 valence electrons. The molecule has 0 unspecified atom stereocenters. The summed E-state index contributed by atoms with van der Waals surface area (Å²) in [5, 5.41) is 15.9. The van der Waals surface area contributed by atoms with Gasteiger partial charge in [0, 0.05) is 24.8 Å². The van der Waals surface area contributed by atoms with E-state index in [-0.39, 0.29) is 23.7 Å². The van der Waals surface area contributed by atoms with Crippen LogP contribution in [0.15, 0.2) is 40.9 Å². The van der Waals surface area contributed by atoms with Crippen molar-refractivity contribution in [1.82, 2.24) is 10.5 Å². The van der Waals surface area contributed by atoms with Gasteiger partial charge in [0.15, 0.2) is 0 Å². The second-order valence-corrected chi connectivity index (χ2v) is 6.12. The van der Waals surface area contributed by atoms with E-state index in [1.807, 2.05) is 44.2 Å². The van der Waals surface area contributed by atoms with Gasteiger partial charge in [0.05, 0.1) is 0 Å². The van der Waals surface area contributed by atoms with Gasteiger partial charge in [0.1, 0.15) is 5.69 Å². The van der Waals surface area contributed by atoms with Crippen LogP contribution < -0.4 is 5.32 Å². The Kier molecular flexibility index (Phi) is 5.33. The molecular formula is C17H22N2O3. The van der Waals surface area contributed by atoms with Gasteiger partial charge >= 0.3 is 0 Å². The van der Waals surface area contributed by atoms with Gasteiger partial charge in [-0.3, -0.25) is 4.79 Å². The first kappa shape index (κ1) is 16.2. The average molecular weight is 302 g/mol. The first-order chi connectivity index (χ1) is 10.5. The number of rotatable bonds is 7. The molecule has 5 nitrogen and oxygen atoms in total. The Morgan fingerprint density at radius 2 is 2.05 bits per heavy atom. The minimum atomic E-state index is -0.267. The number of carbonyl (C=O) groups is 1. The van der Waals surface area contributed by atoms with Crippen molar-refractivity contribution in [2.24, 2.45) is 5.41 Å². The zero-order valence-corrected chi connectivity index (χ0v) is 13.0. The summed E-state index contributed by atoms with van der Waals surface area (Å²) in [7, 11) is 0. The predicted molar refractivity (Wildman–Crippen MR) is 84.4 cm³/mol. The fourth-order valence-corrected chi connectivity index (χ4v) is 2.06. The standard InChI is InChI=1S/C17H22N2O3/c1-17(2,12-20)9-6-10-18-16(21)15-11-14(19-22-15)13-7-4-3-5-8-13/h3-5,7-8,11,20H,6,9-10,12H2,1-2H3,(H,18,21). The molecule has 0 fully saturated rings. The number of aliphatic hydroxyl groups excluding tert-OH is 1. The Bertz CT molecular complexity index is 605. The van der Waals surface area contributed by atoms with Gasteiger partial charge in [-0.05, 0) is 18.3 Å². The van der Waals surface area contributed by atoms with Crippen molar-refractivity contribution in [3.8, 4) is 11.3 Å². The molecule has 0 saturated heterocycles. The predicted octanol–water partition coefficient (Wildman–Crippen LogP) is 2.87. The summed E-state index contributed by atoms with van der Waals surface area (Å²) in [5.41, 5.74) is 1.44. The van der Waals surface area contributed by atoms with Gasteiger partial charge < -0.3 is 14.9 Å². The lowest BCUT2D eigenvalue weighted by Gasteiger charge is -2.20. The Labute approximate surface area is 130 Å². The van der Waals surface area contributed by atoms with Crippen molar-refractivity contribution < 1.29 is 14.4 Å². The van der Waals surface area contributed by atoms with Crippen molar-refractivity contribution in [3.05, 3.63) is 42.2 Å². The number of hydrogen-bond donors (Lipinski definition) is 2. The number of amides is 1.